The number of nitrogens with one attached hydrogen (secondary N) is 4. The first-order chi connectivity index (χ1) is 19.6. The van der Waals surface area contributed by atoms with E-state index in [1.165, 1.54) is 0 Å². The number of aromatic nitrogens is 1. The summed E-state index contributed by atoms with van der Waals surface area (Å²) in [6.45, 7) is 0. The van der Waals surface area contributed by atoms with E-state index >= 15 is 0 Å². The van der Waals surface area contributed by atoms with Crippen LogP contribution in [0, 0.1) is 0 Å². The fraction of sp³-hybridized carbons (Fsp3) is 0.321. The number of carboxylic acids is 1. The van der Waals surface area contributed by atoms with Crippen LogP contribution < -0.4 is 27.4 Å². The summed E-state index contributed by atoms with van der Waals surface area (Å²) in [5.41, 5.74) is 13.8. The number of benzene rings is 2. The largest absolute Gasteiger partial charge is 0.480 e. The molecular formula is C28H34N6O6S. The average molecular weight is 583 g/mol. The summed E-state index contributed by atoms with van der Waals surface area (Å²) >= 11 is 3.94. The second-order valence-electron chi connectivity index (χ2n) is 9.57. The number of nitrogens with two attached hydrogens (primary N) is 2. The predicted molar refractivity (Wildman–Crippen MR) is 156 cm³/mol. The highest BCUT2D eigenvalue weighted by atomic mass is 32.1. The number of primary amides is 1. The fourth-order valence-corrected chi connectivity index (χ4v) is 4.50. The lowest BCUT2D eigenvalue weighted by Crippen LogP contribution is -2.58. The van der Waals surface area contributed by atoms with Gasteiger partial charge < -0.3 is 37.5 Å². The third kappa shape index (κ3) is 9.08. The van der Waals surface area contributed by atoms with Gasteiger partial charge in [-0.3, -0.25) is 19.2 Å². The van der Waals surface area contributed by atoms with Crippen LogP contribution in [0.4, 0.5) is 0 Å². The second kappa shape index (κ2) is 14.9. The molecule has 0 saturated heterocycles. The van der Waals surface area contributed by atoms with Gasteiger partial charge in [-0.05, 0) is 30.0 Å². The predicted octanol–water partition coefficient (Wildman–Crippen LogP) is 0.0147. The Morgan fingerprint density at radius 3 is 2.10 bits per heavy atom. The number of carbonyl (C=O) groups excluding carboxylic acids is 4. The first kappa shape index (κ1) is 31.2. The Labute approximate surface area is 242 Å². The highest BCUT2D eigenvalue weighted by molar-refractivity contribution is 7.80. The van der Waals surface area contributed by atoms with Crippen LogP contribution in [-0.4, -0.2) is 69.6 Å². The molecule has 0 fully saturated rings. The Bertz CT molecular complexity index is 1380. The van der Waals surface area contributed by atoms with Crippen molar-refractivity contribution < 1.29 is 29.1 Å². The van der Waals surface area contributed by atoms with E-state index in [4.69, 9.17) is 11.5 Å². The van der Waals surface area contributed by atoms with Crippen LogP contribution in [-0.2, 0) is 36.8 Å². The SMILES string of the molecule is NC(=O)CCC(NC(=O)C(Cc1c[nH]c2ccccc12)NC(=O)C(N)Cc1ccccc1)C(=O)NC(CS)C(=O)O. The topological polar surface area (TPSA) is 209 Å². The van der Waals surface area contributed by atoms with E-state index in [2.05, 4.69) is 33.6 Å². The van der Waals surface area contributed by atoms with Gasteiger partial charge >= 0.3 is 5.97 Å². The van der Waals surface area contributed by atoms with Gasteiger partial charge in [0.25, 0.3) is 0 Å². The zero-order chi connectivity index (χ0) is 29.9. The number of carboxylic acid groups (broad SMARTS) is 1. The summed E-state index contributed by atoms with van der Waals surface area (Å²) < 4.78 is 0. The Morgan fingerprint density at radius 2 is 1.44 bits per heavy atom. The lowest BCUT2D eigenvalue weighted by molar-refractivity contribution is -0.141. The number of rotatable bonds is 15. The molecule has 0 aliphatic carbocycles. The van der Waals surface area contributed by atoms with Crippen molar-refractivity contribution in [3.05, 3.63) is 71.9 Å². The van der Waals surface area contributed by atoms with Gasteiger partial charge in [0, 0.05) is 35.7 Å². The van der Waals surface area contributed by atoms with Gasteiger partial charge in [-0.25, -0.2) is 4.79 Å². The van der Waals surface area contributed by atoms with Crippen LogP contribution in [0.5, 0.6) is 0 Å². The van der Waals surface area contributed by atoms with E-state index in [9.17, 15) is 29.1 Å². The van der Waals surface area contributed by atoms with E-state index in [-0.39, 0.29) is 31.4 Å². The van der Waals surface area contributed by atoms with Crippen molar-refractivity contribution in [2.75, 3.05) is 5.75 Å². The highest BCUT2D eigenvalue weighted by Crippen LogP contribution is 2.19. The van der Waals surface area contributed by atoms with Crippen molar-refractivity contribution in [1.29, 1.82) is 0 Å². The molecule has 3 aromatic rings. The van der Waals surface area contributed by atoms with Gasteiger partial charge in [-0.1, -0.05) is 48.5 Å². The summed E-state index contributed by atoms with van der Waals surface area (Å²) in [6.07, 6.45) is 1.57. The molecule has 1 heterocycles. The van der Waals surface area contributed by atoms with Crippen LogP contribution >= 0.6 is 12.6 Å². The summed E-state index contributed by atoms with van der Waals surface area (Å²) in [7, 11) is 0. The second-order valence-corrected chi connectivity index (χ2v) is 9.93. The Morgan fingerprint density at radius 1 is 0.829 bits per heavy atom. The first-order valence-corrected chi connectivity index (χ1v) is 13.6. The van der Waals surface area contributed by atoms with Gasteiger partial charge in [-0.2, -0.15) is 12.6 Å². The van der Waals surface area contributed by atoms with Crippen molar-refractivity contribution >= 4 is 53.1 Å². The number of aromatic amines is 1. The number of hydrogen-bond donors (Lipinski definition) is 8. The summed E-state index contributed by atoms with van der Waals surface area (Å²) in [6, 6.07) is 11.8. The first-order valence-electron chi connectivity index (χ1n) is 13.0. The molecule has 12 nitrogen and oxygen atoms in total. The van der Waals surface area contributed by atoms with Crippen molar-refractivity contribution in [2.45, 2.75) is 49.9 Å². The smallest absolute Gasteiger partial charge is 0.327 e. The highest BCUT2D eigenvalue weighted by Gasteiger charge is 2.31. The van der Waals surface area contributed by atoms with Crippen molar-refractivity contribution in [3.63, 3.8) is 0 Å². The molecule has 0 radical (unpaired) electrons. The Balaban J connectivity index is 1.83. The molecule has 4 atom stereocenters. The molecule has 3 rings (SSSR count). The Kier molecular flexibility index (Phi) is 11.3. The minimum absolute atomic E-state index is 0.0538. The summed E-state index contributed by atoms with van der Waals surface area (Å²) in [4.78, 5) is 65.6. The molecule has 218 valence electrons. The number of H-pyrrole nitrogens is 1. The minimum Gasteiger partial charge on any atom is -0.480 e. The number of carbonyl (C=O) groups is 5. The van der Waals surface area contributed by atoms with E-state index in [1.807, 2.05) is 54.6 Å². The van der Waals surface area contributed by atoms with Gasteiger partial charge in [0.15, 0.2) is 0 Å². The molecule has 41 heavy (non-hydrogen) atoms. The van der Waals surface area contributed by atoms with Crippen LogP contribution in [0.1, 0.15) is 24.0 Å². The van der Waals surface area contributed by atoms with E-state index in [0.29, 0.717) is 0 Å². The zero-order valence-corrected chi connectivity index (χ0v) is 23.1. The van der Waals surface area contributed by atoms with E-state index < -0.39 is 53.8 Å². The zero-order valence-electron chi connectivity index (χ0n) is 22.2. The van der Waals surface area contributed by atoms with E-state index in [1.54, 1.807) is 6.20 Å². The maximum atomic E-state index is 13.6. The lowest BCUT2D eigenvalue weighted by Gasteiger charge is -2.25. The molecule has 1 aromatic heterocycles. The number of thiol groups is 1. The summed E-state index contributed by atoms with van der Waals surface area (Å²) in [5, 5.41) is 17.7. The molecule has 4 unspecified atom stereocenters. The molecule has 9 N–H and O–H groups in total. The normalized spacial score (nSPS) is 13.9. The van der Waals surface area contributed by atoms with Crippen LogP contribution in [0.25, 0.3) is 10.9 Å². The molecular weight excluding hydrogens is 548 g/mol. The van der Waals surface area contributed by atoms with Crippen molar-refractivity contribution in [3.8, 4) is 0 Å². The molecule has 0 bridgehead atoms. The number of aliphatic carboxylic acids is 1. The van der Waals surface area contributed by atoms with Crippen LogP contribution in [0.15, 0.2) is 60.8 Å². The summed E-state index contributed by atoms with van der Waals surface area (Å²) in [5.74, 6) is -4.36. The minimum atomic E-state index is -1.32. The molecule has 0 spiro atoms. The Hall–Kier alpha value is -4.36. The average Bonchev–Trinajstić information content (AvgIpc) is 3.36. The maximum Gasteiger partial charge on any atom is 0.327 e. The third-order valence-electron chi connectivity index (χ3n) is 6.48. The fourth-order valence-electron chi connectivity index (χ4n) is 4.25. The molecule has 0 aliphatic rings. The van der Waals surface area contributed by atoms with Crippen molar-refractivity contribution in [1.82, 2.24) is 20.9 Å². The van der Waals surface area contributed by atoms with Gasteiger partial charge in [0.1, 0.15) is 18.1 Å². The lowest BCUT2D eigenvalue weighted by atomic mass is 10.0. The van der Waals surface area contributed by atoms with Crippen LogP contribution in [0.2, 0.25) is 0 Å². The van der Waals surface area contributed by atoms with E-state index in [0.717, 1.165) is 22.0 Å². The standard InChI is InChI=1S/C28H34N6O6S/c29-19(12-16-6-2-1-3-7-16)25(36)33-22(13-17-14-31-20-9-5-4-8-18(17)20)27(38)32-21(10-11-24(30)35)26(37)34-23(15-41)28(39)40/h1-9,14,19,21-23,31,41H,10-13,15,29H2,(H2,30,35)(H,32,38)(H,33,36)(H,34,37)(H,39,40). The number of para-hydroxylation sites is 1. The molecule has 4 amide bonds. The van der Waals surface area contributed by atoms with Gasteiger partial charge in [0.2, 0.25) is 23.6 Å². The molecule has 13 heteroatoms. The van der Waals surface area contributed by atoms with Gasteiger partial charge in [-0.15, -0.1) is 0 Å². The number of fused-ring (bicyclic) bond motifs is 1. The number of hydrogen-bond acceptors (Lipinski definition) is 7. The quantitative estimate of drug-likeness (QED) is 0.115. The molecule has 2 aromatic carbocycles. The maximum absolute atomic E-state index is 13.6. The third-order valence-corrected chi connectivity index (χ3v) is 6.84. The monoisotopic (exact) mass is 582 g/mol. The number of amides is 4. The molecule has 0 saturated carbocycles. The van der Waals surface area contributed by atoms with Gasteiger partial charge in [0.05, 0.1) is 6.04 Å². The van der Waals surface area contributed by atoms with Crippen molar-refractivity contribution in [2.24, 2.45) is 11.5 Å². The van der Waals surface area contributed by atoms with Crippen LogP contribution in [0.3, 0.4) is 0 Å². The molecule has 0 aliphatic heterocycles.